The second kappa shape index (κ2) is 7.90. The maximum Gasteiger partial charge on any atom is 0.253 e. The van der Waals surface area contributed by atoms with Crippen molar-refractivity contribution in [2.75, 3.05) is 19.7 Å². The highest BCUT2D eigenvalue weighted by atomic mass is 16.3. The van der Waals surface area contributed by atoms with Crippen LogP contribution in [0.2, 0.25) is 0 Å². The Kier molecular flexibility index (Phi) is 5.16. The van der Waals surface area contributed by atoms with E-state index in [4.69, 9.17) is 0 Å². The minimum Gasteiger partial charge on any atom is -0.396 e. The van der Waals surface area contributed by atoms with E-state index in [0.717, 1.165) is 35.2 Å². The Bertz CT molecular complexity index is 971. The zero-order valence-corrected chi connectivity index (χ0v) is 15.8. The first kappa shape index (κ1) is 18.3. The smallest absolute Gasteiger partial charge is 0.253 e. The van der Waals surface area contributed by atoms with Crippen LogP contribution in [0.1, 0.15) is 28.8 Å². The lowest BCUT2D eigenvalue weighted by atomic mass is 9.96. The molecule has 7 nitrogen and oxygen atoms in total. The second-order valence-corrected chi connectivity index (χ2v) is 7.28. The molecule has 1 amide bonds. The fraction of sp³-hybridized carbons (Fsp3) is 0.333. The van der Waals surface area contributed by atoms with Crippen LogP contribution >= 0.6 is 0 Å². The molecule has 1 aliphatic rings. The van der Waals surface area contributed by atoms with Crippen molar-refractivity contribution in [2.24, 2.45) is 5.92 Å². The van der Waals surface area contributed by atoms with Crippen molar-refractivity contribution in [2.45, 2.75) is 19.8 Å². The summed E-state index contributed by atoms with van der Waals surface area (Å²) in [5.41, 5.74) is 4.49. The van der Waals surface area contributed by atoms with Crippen LogP contribution in [0.15, 0.2) is 48.8 Å². The fourth-order valence-electron chi connectivity index (χ4n) is 3.78. The Hall–Kier alpha value is -3.06. The van der Waals surface area contributed by atoms with E-state index in [1.807, 2.05) is 41.3 Å². The van der Waals surface area contributed by atoms with Gasteiger partial charge in [-0.2, -0.15) is 0 Å². The predicted molar refractivity (Wildman–Crippen MR) is 105 cm³/mol. The molecular weight excluding hydrogens is 354 g/mol. The summed E-state index contributed by atoms with van der Waals surface area (Å²) in [5, 5.41) is 20.9. The molecule has 2 heterocycles. The van der Waals surface area contributed by atoms with Crippen molar-refractivity contribution in [3.8, 4) is 16.8 Å². The Morgan fingerprint density at radius 2 is 2.11 bits per heavy atom. The number of aliphatic hydroxyl groups is 1. The highest BCUT2D eigenvalue weighted by Gasteiger charge is 2.25. The third-order valence-corrected chi connectivity index (χ3v) is 5.30. The molecule has 0 radical (unpaired) electrons. The lowest BCUT2D eigenvalue weighted by molar-refractivity contribution is 0.0620. The van der Waals surface area contributed by atoms with Gasteiger partial charge < -0.3 is 10.0 Å². The summed E-state index contributed by atoms with van der Waals surface area (Å²) in [6, 6.07) is 13.8. The average Bonchev–Trinajstić information content (AvgIpc) is 3.28. The zero-order valence-electron chi connectivity index (χ0n) is 15.8. The molecule has 1 saturated heterocycles. The van der Waals surface area contributed by atoms with Crippen molar-refractivity contribution < 1.29 is 9.90 Å². The number of aliphatic hydroxyl groups excluding tert-OH is 1. The Morgan fingerprint density at radius 3 is 2.86 bits per heavy atom. The Morgan fingerprint density at radius 1 is 1.25 bits per heavy atom. The molecule has 7 heteroatoms. The molecule has 0 spiro atoms. The summed E-state index contributed by atoms with van der Waals surface area (Å²) in [4.78, 5) is 15.1. The lowest BCUT2D eigenvalue weighted by Gasteiger charge is -2.32. The van der Waals surface area contributed by atoms with Crippen molar-refractivity contribution >= 4 is 5.91 Å². The molecule has 0 bridgehead atoms. The van der Waals surface area contributed by atoms with Gasteiger partial charge in [0.25, 0.3) is 5.91 Å². The van der Waals surface area contributed by atoms with Crippen LogP contribution in [0, 0.1) is 12.8 Å². The zero-order chi connectivity index (χ0) is 19.5. The highest BCUT2D eigenvalue weighted by Crippen LogP contribution is 2.28. The third kappa shape index (κ3) is 3.66. The molecule has 1 atom stereocenters. The monoisotopic (exact) mass is 377 g/mol. The quantitative estimate of drug-likeness (QED) is 0.755. The Labute approximate surface area is 163 Å². The van der Waals surface area contributed by atoms with Crippen molar-refractivity contribution in [1.82, 2.24) is 25.1 Å². The number of hydrogen-bond donors (Lipinski definition) is 1. The fourth-order valence-corrected chi connectivity index (χ4v) is 3.78. The molecule has 1 unspecified atom stereocenters. The van der Waals surface area contributed by atoms with E-state index in [-0.39, 0.29) is 18.4 Å². The number of hydrogen-bond acceptors (Lipinski definition) is 5. The van der Waals surface area contributed by atoms with Gasteiger partial charge in [0.2, 0.25) is 0 Å². The minimum atomic E-state index is -0.0251. The second-order valence-electron chi connectivity index (χ2n) is 7.28. The van der Waals surface area contributed by atoms with Gasteiger partial charge in [0, 0.05) is 25.3 Å². The summed E-state index contributed by atoms with van der Waals surface area (Å²) < 4.78 is 1.56. The van der Waals surface area contributed by atoms with Crippen molar-refractivity contribution in [1.29, 1.82) is 0 Å². The number of amides is 1. The van der Waals surface area contributed by atoms with E-state index in [0.29, 0.717) is 18.7 Å². The molecule has 1 aromatic heterocycles. The number of rotatable bonds is 4. The van der Waals surface area contributed by atoms with Gasteiger partial charge in [-0.3, -0.25) is 4.79 Å². The molecule has 3 aromatic rings. The summed E-state index contributed by atoms with van der Waals surface area (Å²) in [7, 11) is 0. The van der Waals surface area contributed by atoms with Gasteiger partial charge >= 0.3 is 0 Å². The molecule has 1 N–H and O–H groups in total. The average molecular weight is 377 g/mol. The summed E-state index contributed by atoms with van der Waals surface area (Å²) in [6.07, 6.45) is 3.39. The van der Waals surface area contributed by atoms with Crippen LogP contribution in [-0.2, 0) is 0 Å². The molecule has 2 aromatic carbocycles. The van der Waals surface area contributed by atoms with E-state index < -0.39 is 0 Å². The number of carbonyl (C=O) groups excluding carboxylic acids is 1. The van der Waals surface area contributed by atoms with Crippen LogP contribution in [-0.4, -0.2) is 55.8 Å². The number of nitrogens with zero attached hydrogens (tertiary/aromatic N) is 5. The van der Waals surface area contributed by atoms with E-state index in [9.17, 15) is 9.90 Å². The predicted octanol–water partition coefficient (Wildman–Crippen LogP) is 2.48. The standard InChI is InChI=1S/C21H23N5O2/c1-15-5-2-3-7-20(15)17-9-18(11-19(10-17)26-14-22-23-24-26)21(28)25-8-4-6-16(12-25)13-27/h2-3,5,7,9-11,14,16,27H,4,6,8,12-13H2,1H3. The molecule has 4 rings (SSSR count). The summed E-state index contributed by atoms with van der Waals surface area (Å²) >= 11 is 0. The number of benzene rings is 2. The van der Waals surface area contributed by atoms with Crippen LogP contribution in [0.3, 0.4) is 0 Å². The number of aryl methyl sites for hydroxylation is 1. The largest absolute Gasteiger partial charge is 0.396 e. The topological polar surface area (TPSA) is 84.1 Å². The molecule has 1 fully saturated rings. The van der Waals surface area contributed by atoms with Gasteiger partial charge in [-0.1, -0.05) is 24.3 Å². The summed E-state index contributed by atoms with van der Waals surface area (Å²) in [5.74, 6) is 0.124. The van der Waals surface area contributed by atoms with E-state index in [1.54, 1.807) is 4.68 Å². The van der Waals surface area contributed by atoms with Gasteiger partial charge in [0.1, 0.15) is 6.33 Å². The number of carbonyl (C=O) groups is 1. The molecule has 0 aliphatic carbocycles. The normalized spacial score (nSPS) is 16.9. The maximum atomic E-state index is 13.2. The van der Waals surface area contributed by atoms with E-state index in [2.05, 4.69) is 28.5 Å². The maximum absolute atomic E-state index is 13.2. The van der Waals surface area contributed by atoms with Crippen LogP contribution in [0.5, 0.6) is 0 Å². The van der Waals surface area contributed by atoms with Crippen LogP contribution in [0.4, 0.5) is 0 Å². The number of piperidine rings is 1. The van der Waals surface area contributed by atoms with Crippen molar-refractivity contribution in [3.63, 3.8) is 0 Å². The third-order valence-electron chi connectivity index (χ3n) is 5.30. The first-order chi connectivity index (χ1) is 13.7. The van der Waals surface area contributed by atoms with Gasteiger partial charge in [-0.25, -0.2) is 4.68 Å². The van der Waals surface area contributed by atoms with Crippen LogP contribution < -0.4 is 0 Å². The van der Waals surface area contributed by atoms with Gasteiger partial charge in [0.05, 0.1) is 5.69 Å². The first-order valence-electron chi connectivity index (χ1n) is 9.50. The number of likely N-dealkylation sites (tertiary alicyclic amines) is 1. The highest BCUT2D eigenvalue weighted by molar-refractivity contribution is 5.96. The molecule has 0 saturated carbocycles. The van der Waals surface area contributed by atoms with Gasteiger partial charge in [-0.15, -0.1) is 5.10 Å². The SMILES string of the molecule is Cc1ccccc1-c1cc(C(=O)N2CCCC(CO)C2)cc(-n2cnnn2)c1. The lowest BCUT2D eigenvalue weighted by Crippen LogP contribution is -2.41. The Balaban J connectivity index is 1.76. The molecule has 1 aliphatic heterocycles. The molecular formula is C21H23N5O2. The van der Waals surface area contributed by atoms with Crippen LogP contribution in [0.25, 0.3) is 16.8 Å². The van der Waals surface area contributed by atoms with Crippen molar-refractivity contribution in [3.05, 3.63) is 59.9 Å². The van der Waals surface area contributed by atoms with Gasteiger partial charge in [0.15, 0.2) is 0 Å². The van der Waals surface area contributed by atoms with Gasteiger partial charge in [-0.05, 0) is 71.0 Å². The van der Waals surface area contributed by atoms with E-state index in [1.165, 1.54) is 6.33 Å². The van der Waals surface area contributed by atoms with E-state index >= 15 is 0 Å². The minimum absolute atomic E-state index is 0.0251. The molecule has 28 heavy (non-hydrogen) atoms. The first-order valence-corrected chi connectivity index (χ1v) is 9.50. The summed E-state index contributed by atoms with van der Waals surface area (Å²) in [6.45, 7) is 3.47. The molecule has 144 valence electrons. The number of aromatic nitrogens is 4. The number of tetrazole rings is 1.